The smallest absolute Gasteiger partial charge is 0.335 e. The monoisotopic (exact) mass is 824 g/mol. The predicted octanol–water partition coefficient (Wildman–Crippen LogP) is 11.9. The van der Waals surface area contributed by atoms with Gasteiger partial charge in [0.25, 0.3) is 0 Å². The van der Waals surface area contributed by atoms with Crippen molar-refractivity contribution in [2.24, 2.45) is 0 Å². The molecule has 0 saturated carbocycles. The van der Waals surface area contributed by atoms with Crippen molar-refractivity contribution in [3.8, 4) is 11.5 Å². The number of phenolic OH excluding ortho intramolecular Hbond substituents is 1. The van der Waals surface area contributed by atoms with Crippen molar-refractivity contribution >= 4 is 66.1 Å². The largest absolute Gasteiger partial charge is 0.507 e. The first-order valence-electron chi connectivity index (χ1n) is 16.8. The minimum atomic E-state index is -0.928. The third-order valence-electron chi connectivity index (χ3n) is 9.21. The number of aromatic carboxylic acids is 2. The van der Waals surface area contributed by atoms with Crippen LogP contribution in [0, 0.1) is 5.82 Å². The lowest BCUT2D eigenvalue weighted by Gasteiger charge is -2.15. The Kier molecular flexibility index (Phi) is 11.7. The number of carboxylic acid groups (broad SMARTS) is 2. The number of allylic oxidation sites excluding steroid dienone is 4. The highest BCUT2D eigenvalue weighted by Gasteiger charge is 2.23. The summed E-state index contributed by atoms with van der Waals surface area (Å²) in [4.78, 5) is 22.5. The fourth-order valence-corrected chi connectivity index (χ4v) is 7.48. The second kappa shape index (κ2) is 16.6. The third kappa shape index (κ3) is 8.72. The van der Waals surface area contributed by atoms with Crippen LogP contribution in [-0.4, -0.2) is 27.3 Å². The third-order valence-corrected chi connectivity index (χ3v) is 10.2. The van der Waals surface area contributed by atoms with E-state index in [4.69, 9.17) is 9.84 Å². The van der Waals surface area contributed by atoms with E-state index < -0.39 is 11.9 Å². The van der Waals surface area contributed by atoms with Crippen molar-refractivity contribution in [1.29, 1.82) is 0 Å². The first-order chi connectivity index (χ1) is 25.1. The summed E-state index contributed by atoms with van der Waals surface area (Å²) in [5.74, 6) is -1.11. The molecule has 0 amide bonds. The summed E-state index contributed by atoms with van der Waals surface area (Å²) < 4.78 is 21.1. The standard InChI is InChI=1S/C25H20BrFO3.C18H15BrO3/c26-19-9-12-24(30-15-16-7-10-20(27)11-8-16)23(14-19)22-6-2-5-21(22)17-3-1-4-18(13-17)25(28)29;19-13-7-8-17(20)16(10-13)15-6-2-5-14(15)11-3-1-4-12(9-11)18(21)22/h1,3-4,7-14H,2,5-6,15H2,(H,28,29);1,3-4,7-10,20H,2,5-6H2,(H,21,22). The van der Waals surface area contributed by atoms with E-state index in [2.05, 4.69) is 31.9 Å². The summed E-state index contributed by atoms with van der Waals surface area (Å²) in [6, 6.07) is 31.7. The predicted molar refractivity (Wildman–Crippen MR) is 209 cm³/mol. The first kappa shape index (κ1) is 36.8. The molecule has 6 nitrogen and oxygen atoms in total. The molecule has 0 atom stereocenters. The number of hydrogen-bond acceptors (Lipinski definition) is 4. The topological polar surface area (TPSA) is 104 Å². The zero-order valence-electron chi connectivity index (χ0n) is 28.0. The highest BCUT2D eigenvalue weighted by atomic mass is 79.9. The molecular weight excluding hydrogens is 791 g/mol. The fraction of sp³-hybridized carbons (Fsp3) is 0.163. The van der Waals surface area contributed by atoms with Crippen LogP contribution in [0.1, 0.15) is 87.1 Å². The normalized spacial score (nSPS) is 13.9. The van der Waals surface area contributed by atoms with Gasteiger partial charge in [-0.25, -0.2) is 14.0 Å². The van der Waals surface area contributed by atoms with Gasteiger partial charge in [0.2, 0.25) is 0 Å². The average molecular weight is 827 g/mol. The Bertz CT molecular complexity index is 2210. The molecule has 0 bridgehead atoms. The van der Waals surface area contributed by atoms with Crippen LogP contribution in [-0.2, 0) is 6.61 Å². The minimum absolute atomic E-state index is 0.256. The van der Waals surface area contributed by atoms with E-state index in [1.54, 1.807) is 60.7 Å². The number of halogens is 3. The molecule has 5 aromatic rings. The van der Waals surface area contributed by atoms with Crippen LogP contribution < -0.4 is 4.74 Å². The van der Waals surface area contributed by atoms with Crippen molar-refractivity contribution < 1.29 is 34.0 Å². The Morgan fingerprint density at radius 2 is 1.12 bits per heavy atom. The van der Waals surface area contributed by atoms with Crippen molar-refractivity contribution in [3.63, 3.8) is 0 Å². The zero-order valence-corrected chi connectivity index (χ0v) is 31.2. The molecule has 0 fully saturated rings. The van der Waals surface area contributed by atoms with Gasteiger partial charge in [-0.05, 0) is 150 Å². The maximum Gasteiger partial charge on any atom is 0.335 e. The van der Waals surface area contributed by atoms with Gasteiger partial charge in [-0.2, -0.15) is 0 Å². The van der Waals surface area contributed by atoms with Crippen LogP contribution >= 0.6 is 31.9 Å². The van der Waals surface area contributed by atoms with Crippen LogP contribution in [0.25, 0.3) is 22.3 Å². The van der Waals surface area contributed by atoms with E-state index in [1.165, 1.54) is 17.7 Å². The zero-order chi connectivity index (χ0) is 36.8. The SMILES string of the molecule is O=C(O)c1cccc(C2=C(c3cc(Br)ccc3O)CCC2)c1.O=C(O)c1cccc(C2=C(c3cc(Br)ccc3OCc3ccc(F)cc3)CCC2)c1. The average Bonchev–Trinajstić information content (AvgIpc) is 3.84. The molecule has 7 rings (SSSR count). The van der Waals surface area contributed by atoms with Gasteiger partial charge in [0.1, 0.15) is 23.9 Å². The lowest BCUT2D eigenvalue weighted by atomic mass is 9.95. The van der Waals surface area contributed by atoms with Gasteiger partial charge in [0, 0.05) is 20.1 Å². The number of rotatable bonds is 9. The van der Waals surface area contributed by atoms with Gasteiger partial charge < -0.3 is 20.1 Å². The maximum atomic E-state index is 13.2. The maximum absolute atomic E-state index is 13.2. The molecule has 9 heteroatoms. The molecule has 5 aromatic carbocycles. The van der Waals surface area contributed by atoms with Gasteiger partial charge in [-0.15, -0.1) is 0 Å². The summed E-state index contributed by atoms with van der Waals surface area (Å²) in [7, 11) is 0. The molecule has 0 saturated heterocycles. The quantitative estimate of drug-likeness (QED) is 0.137. The van der Waals surface area contributed by atoms with Crippen LogP contribution in [0.15, 0.2) is 118 Å². The van der Waals surface area contributed by atoms with Crippen molar-refractivity contribution in [2.45, 2.75) is 45.1 Å². The fourth-order valence-electron chi connectivity index (χ4n) is 6.75. The van der Waals surface area contributed by atoms with Gasteiger partial charge in [0.05, 0.1) is 11.1 Å². The number of hydrogen-bond donors (Lipinski definition) is 3. The minimum Gasteiger partial charge on any atom is -0.507 e. The van der Waals surface area contributed by atoms with Crippen molar-refractivity contribution in [1.82, 2.24) is 0 Å². The summed E-state index contributed by atoms with van der Waals surface area (Å²) in [6.45, 7) is 0.339. The number of benzene rings is 5. The molecule has 0 spiro atoms. The Hall–Kier alpha value is -4.99. The lowest BCUT2D eigenvalue weighted by Crippen LogP contribution is -2.00. The molecule has 264 valence electrons. The van der Waals surface area contributed by atoms with Gasteiger partial charge in [-0.3, -0.25) is 0 Å². The molecule has 0 radical (unpaired) electrons. The molecule has 2 aliphatic rings. The van der Waals surface area contributed by atoms with Gasteiger partial charge in [0.15, 0.2) is 0 Å². The Morgan fingerprint density at radius 3 is 1.67 bits per heavy atom. The van der Waals surface area contributed by atoms with Crippen molar-refractivity contribution in [2.75, 3.05) is 0 Å². The second-order valence-electron chi connectivity index (χ2n) is 12.6. The Labute approximate surface area is 318 Å². The number of phenols is 1. The Morgan fingerprint density at radius 1 is 0.615 bits per heavy atom. The molecule has 0 heterocycles. The lowest BCUT2D eigenvalue weighted by molar-refractivity contribution is 0.0686. The van der Waals surface area contributed by atoms with E-state index in [1.807, 2.05) is 36.4 Å². The summed E-state index contributed by atoms with van der Waals surface area (Å²) in [6.07, 6.45) is 5.58. The first-order valence-corrected chi connectivity index (χ1v) is 18.4. The summed E-state index contributed by atoms with van der Waals surface area (Å²) in [5.41, 5.74) is 9.69. The molecule has 52 heavy (non-hydrogen) atoms. The molecule has 0 unspecified atom stereocenters. The van der Waals surface area contributed by atoms with Crippen LogP contribution in [0.5, 0.6) is 11.5 Å². The molecule has 0 aliphatic heterocycles. The Balaban J connectivity index is 0.000000187. The van der Waals surface area contributed by atoms with Gasteiger partial charge in [-0.1, -0.05) is 68.3 Å². The molecule has 0 aromatic heterocycles. The van der Waals surface area contributed by atoms with E-state index >= 15 is 0 Å². The van der Waals surface area contributed by atoms with E-state index in [9.17, 15) is 24.2 Å². The van der Waals surface area contributed by atoms with Crippen LogP contribution in [0.3, 0.4) is 0 Å². The second-order valence-corrected chi connectivity index (χ2v) is 14.4. The number of aromatic hydroxyl groups is 1. The molecular formula is C43H35Br2FO6. The number of ether oxygens (including phenoxy) is 1. The summed E-state index contributed by atoms with van der Waals surface area (Å²) >= 11 is 7.00. The molecule has 2 aliphatic carbocycles. The highest BCUT2D eigenvalue weighted by Crippen LogP contribution is 2.45. The van der Waals surface area contributed by atoms with Crippen LogP contribution in [0.4, 0.5) is 4.39 Å². The van der Waals surface area contributed by atoms with Gasteiger partial charge >= 0.3 is 11.9 Å². The highest BCUT2D eigenvalue weighted by molar-refractivity contribution is 9.10. The summed E-state index contributed by atoms with van der Waals surface area (Å²) in [5, 5.41) is 28.7. The van der Waals surface area contributed by atoms with Crippen molar-refractivity contribution in [3.05, 3.63) is 163 Å². The number of carbonyl (C=O) groups is 2. The molecule has 3 N–H and O–H groups in total. The van der Waals surface area contributed by atoms with Crippen LogP contribution in [0.2, 0.25) is 0 Å². The van der Waals surface area contributed by atoms with E-state index in [0.29, 0.717) is 6.61 Å². The van der Waals surface area contributed by atoms with E-state index in [-0.39, 0.29) is 22.7 Å². The van der Waals surface area contributed by atoms with E-state index in [0.717, 1.165) is 97.8 Å². The number of carboxylic acids is 2.